The van der Waals surface area contributed by atoms with Gasteiger partial charge in [-0.3, -0.25) is 13.9 Å². The highest BCUT2D eigenvalue weighted by atomic mass is 35.5. The number of anilines is 1. The maximum atomic E-state index is 14.0. The predicted molar refractivity (Wildman–Crippen MR) is 152 cm³/mol. The average molecular weight is 574 g/mol. The Balaban J connectivity index is 2.06. The van der Waals surface area contributed by atoms with Crippen LogP contribution in [0.15, 0.2) is 72.8 Å². The molecule has 0 spiro atoms. The Bertz CT molecular complexity index is 1400. The van der Waals surface area contributed by atoms with Crippen LogP contribution in [-0.2, 0) is 32.6 Å². The second-order valence-electron chi connectivity index (χ2n) is 8.74. The summed E-state index contributed by atoms with van der Waals surface area (Å²) in [4.78, 5) is 28.5. The standard InChI is InChI=1S/C28H32ClN3O6S/c1-30-28(34)24(16-20-10-6-5-7-11-20)31(18-21-12-8-9-13-23(21)29)27(33)19-32(39(4,35)36)22-14-15-25(37-2)26(17-22)38-3/h5-15,17,24H,16,18-19H2,1-4H3,(H,30,34)/t24-/m1/s1. The van der Waals surface area contributed by atoms with Crippen LogP contribution in [0, 0.1) is 0 Å². The number of rotatable bonds is 12. The zero-order chi connectivity index (χ0) is 28.6. The number of sulfonamides is 1. The fraction of sp³-hybridized carbons (Fsp3) is 0.286. The first-order valence-corrected chi connectivity index (χ1v) is 14.3. The van der Waals surface area contributed by atoms with Crippen molar-refractivity contribution in [3.63, 3.8) is 0 Å². The lowest BCUT2D eigenvalue weighted by atomic mass is 10.0. The van der Waals surface area contributed by atoms with E-state index in [1.165, 1.54) is 38.3 Å². The van der Waals surface area contributed by atoms with Crippen molar-refractivity contribution in [1.82, 2.24) is 10.2 Å². The van der Waals surface area contributed by atoms with Gasteiger partial charge in [-0.2, -0.15) is 0 Å². The monoisotopic (exact) mass is 573 g/mol. The number of nitrogens with one attached hydrogen (secondary N) is 1. The molecule has 0 saturated carbocycles. The maximum absolute atomic E-state index is 14.0. The first kappa shape index (κ1) is 29.8. The van der Waals surface area contributed by atoms with Gasteiger partial charge in [0.15, 0.2) is 11.5 Å². The van der Waals surface area contributed by atoms with E-state index >= 15 is 0 Å². The van der Waals surface area contributed by atoms with E-state index in [4.69, 9.17) is 21.1 Å². The molecule has 0 saturated heterocycles. The molecular formula is C28H32ClN3O6S. The van der Waals surface area contributed by atoms with Crippen molar-refractivity contribution in [2.24, 2.45) is 0 Å². The quantitative estimate of drug-likeness (QED) is 0.355. The third-order valence-electron chi connectivity index (χ3n) is 6.15. The van der Waals surface area contributed by atoms with E-state index in [0.717, 1.165) is 16.1 Å². The fourth-order valence-electron chi connectivity index (χ4n) is 4.12. The van der Waals surface area contributed by atoms with Crippen LogP contribution in [0.2, 0.25) is 5.02 Å². The third-order valence-corrected chi connectivity index (χ3v) is 7.66. The van der Waals surface area contributed by atoms with Crippen LogP contribution in [-0.4, -0.2) is 65.2 Å². The van der Waals surface area contributed by atoms with Crippen LogP contribution in [0.3, 0.4) is 0 Å². The summed E-state index contributed by atoms with van der Waals surface area (Å²) >= 11 is 6.42. The van der Waals surface area contributed by atoms with E-state index in [0.29, 0.717) is 22.1 Å². The minimum atomic E-state index is -3.92. The first-order valence-electron chi connectivity index (χ1n) is 12.1. The molecule has 11 heteroatoms. The Morgan fingerprint density at radius 2 is 1.59 bits per heavy atom. The Kier molecular flexibility index (Phi) is 10.2. The van der Waals surface area contributed by atoms with Gasteiger partial charge in [0.25, 0.3) is 0 Å². The SMILES string of the molecule is CNC(=O)[C@@H](Cc1ccccc1)N(Cc1ccccc1Cl)C(=O)CN(c1ccc(OC)c(OC)c1)S(C)(=O)=O. The van der Waals surface area contributed by atoms with Crippen molar-refractivity contribution in [2.75, 3.05) is 38.4 Å². The van der Waals surface area contributed by atoms with Crippen molar-refractivity contribution >= 4 is 39.1 Å². The summed E-state index contributed by atoms with van der Waals surface area (Å²) < 4.78 is 37.3. The van der Waals surface area contributed by atoms with E-state index in [1.807, 2.05) is 30.3 Å². The van der Waals surface area contributed by atoms with Crippen LogP contribution in [0.1, 0.15) is 11.1 Å². The maximum Gasteiger partial charge on any atom is 0.244 e. The molecule has 3 aromatic rings. The van der Waals surface area contributed by atoms with Crippen molar-refractivity contribution < 1.29 is 27.5 Å². The Morgan fingerprint density at radius 3 is 2.18 bits per heavy atom. The number of hydrogen-bond donors (Lipinski definition) is 1. The molecule has 208 valence electrons. The van der Waals surface area contributed by atoms with Crippen LogP contribution in [0.5, 0.6) is 11.5 Å². The molecule has 0 aliphatic carbocycles. The summed E-state index contributed by atoms with van der Waals surface area (Å²) in [6, 6.07) is 19.9. The molecule has 0 fully saturated rings. The smallest absolute Gasteiger partial charge is 0.244 e. The molecule has 3 aromatic carbocycles. The Labute approximate surface area is 234 Å². The molecule has 0 radical (unpaired) electrons. The highest BCUT2D eigenvalue weighted by Gasteiger charge is 2.33. The number of halogens is 1. The van der Waals surface area contributed by atoms with Gasteiger partial charge in [-0.15, -0.1) is 0 Å². The predicted octanol–water partition coefficient (Wildman–Crippen LogP) is 3.51. The van der Waals surface area contributed by atoms with Gasteiger partial charge < -0.3 is 19.7 Å². The van der Waals surface area contributed by atoms with E-state index in [9.17, 15) is 18.0 Å². The molecule has 1 N–H and O–H groups in total. The van der Waals surface area contributed by atoms with E-state index in [1.54, 1.807) is 30.3 Å². The molecule has 0 bridgehead atoms. The summed E-state index contributed by atoms with van der Waals surface area (Å²) in [6.45, 7) is -0.561. The number of carbonyl (C=O) groups excluding carboxylic acids is 2. The minimum Gasteiger partial charge on any atom is -0.493 e. The summed E-state index contributed by atoms with van der Waals surface area (Å²) in [7, 11) is 0.468. The second kappa shape index (κ2) is 13.3. The van der Waals surface area contributed by atoms with Gasteiger partial charge in [0.2, 0.25) is 21.8 Å². The number of benzene rings is 3. The van der Waals surface area contributed by atoms with Gasteiger partial charge in [-0.05, 0) is 29.3 Å². The minimum absolute atomic E-state index is 0.00698. The summed E-state index contributed by atoms with van der Waals surface area (Å²) in [6.07, 6.45) is 1.22. The average Bonchev–Trinajstić information content (AvgIpc) is 2.93. The molecule has 0 heterocycles. The van der Waals surface area contributed by atoms with Gasteiger partial charge in [0, 0.05) is 31.1 Å². The van der Waals surface area contributed by atoms with E-state index in [-0.39, 0.29) is 18.7 Å². The molecule has 2 amide bonds. The van der Waals surface area contributed by atoms with Crippen LogP contribution in [0.4, 0.5) is 5.69 Å². The van der Waals surface area contributed by atoms with Crippen LogP contribution < -0.4 is 19.1 Å². The lowest BCUT2D eigenvalue weighted by Crippen LogP contribution is -2.52. The summed E-state index contributed by atoms with van der Waals surface area (Å²) in [5.41, 5.74) is 1.66. The molecular weight excluding hydrogens is 542 g/mol. The molecule has 0 aliphatic heterocycles. The van der Waals surface area contributed by atoms with Gasteiger partial charge in [0.1, 0.15) is 12.6 Å². The normalized spacial score (nSPS) is 11.8. The lowest BCUT2D eigenvalue weighted by molar-refractivity contribution is -0.139. The number of methoxy groups -OCH3 is 2. The summed E-state index contributed by atoms with van der Waals surface area (Å²) in [5.74, 6) is -0.267. The van der Waals surface area contributed by atoms with Gasteiger partial charge in [0.05, 0.1) is 26.2 Å². The van der Waals surface area contributed by atoms with Gasteiger partial charge >= 0.3 is 0 Å². The third kappa shape index (κ3) is 7.64. The van der Waals surface area contributed by atoms with Crippen LogP contribution >= 0.6 is 11.6 Å². The molecule has 39 heavy (non-hydrogen) atoms. The summed E-state index contributed by atoms with van der Waals surface area (Å²) in [5, 5.41) is 3.06. The largest absolute Gasteiger partial charge is 0.493 e. The highest BCUT2D eigenvalue weighted by Crippen LogP contribution is 2.32. The van der Waals surface area contributed by atoms with Gasteiger partial charge in [-0.1, -0.05) is 60.1 Å². The number of amides is 2. The van der Waals surface area contributed by atoms with Crippen molar-refractivity contribution in [3.8, 4) is 11.5 Å². The number of carbonyl (C=O) groups is 2. The van der Waals surface area contributed by atoms with E-state index < -0.39 is 34.4 Å². The molecule has 9 nitrogen and oxygen atoms in total. The molecule has 0 unspecified atom stereocenters. The zero-order valence-corrected chi connectivity index (χ0v) is 23.8. The van der Waals surface area contributed by atoms with Gasteiger partial charge in [-0.25, -0.2) is 8.42 Å². The topological polar surface area (TPSA) is 105 Å². The van der Waals surface area contributed by atoms with E-state index in [2.05, 4.69) is 5.32 Å². The molecule has 0 aromatic heterocycles. The Morgan fingerprint density at radius 1 is 0.949 bits per heavy atom. The fourth-order valence-corrected chi connectivity index (χ4v) is 5.16. The molecule has 1 atom stereocenters. The first-order chi connectivity index (χ1) is 18.6. The second-order valence-corrected chi connectivity index (χ2v) is 11.1. The molecule has 0 aliphatic rings. The zero-order valence-electron chi connectivity index (χ0n) is 22.3. The van der Waals surface area contributed by atoms with Crippen molar-refractivity contribution in [2.45, 2.75) is 19.0 Å². The van der Waals surface area contributed by atoms with Crippen molar-refractivity contribution in [3.05, 3.63) is 88.9 Å². The lowest BCUT2D eigenvalue weighted by Gasteiger charge is -2.33. The Hall–Kier alpha value is -3.76. The number of likely N-dealkylation sites (N-methyl/N-ethyl adjacent to an activating group) is 1. The van der Waals surface area contributed by atoms with Crippen LogP contribution in [0.25, 0.3) is 0 Å². The number of ether oxygens (including phenoxy) is 2. The van der Waals surface area contributed by atoms with Crippen molar-refractivity contribution in [1.29, 1.82) is 0 Å². The number of nitrogens with zero attached hydrogens (tertiary/aromatic N) is 2. The highest BCUT2D eigenvalue weighted by molar-refractivity contribution is 7.92. The molecule has 3 rings (SSSR count). The number of hydrogen-bond acceptors (Lipinski definition) is 6.